The first-order valence-corrected chi connectivity index (χ1v) is 9.10. The van der Waals surface area contributed by atoms with Crippen molar-refractivity contribution in [2.24, 2.45) is 0 Å². The minimum absolute atomic E-state index is 0.186. The second-order valence-corrected chi connectivity index (χ2v) is 6.78. The lowest BCUT2D eigenvalue weighted by Gasteiger charge is -2.27. The minimum Gasteiger partial charge on any atom is -0.453 e. The van der Waals surface area contributed by atoms with Gasteiger partial charge in [0.1, 0.15) is 6.04 Å². The van der Waals surface area contributed by atoms with E-state index in [1.54, 1.807) is 0 Å². The van der Waals surface area contributed by atoms with Crippen molar-refractivity contribution >= 4 is 23.6 Å². The first-order valence-electron chi connectivity index (χ1n) is 9.10. The van der Waals surface area contributed by atoms with Gasteiger partial charge in [-0.15, -0.1) is 0 Å². The molecule has 3 amide bonds. The zero-order valence-corrected chi connectivity index (χ0v) is 15.1. The Kier molecular flexibility index (Phi) is 5.75. The second kappa shape index (κ2) is 8.21. The number of carbonyl (C=O) groups excluding carboxylic acids is 3. The average Bonchev–Trinajstić information content (AvgIpc) is 3.13. The highest BCUT2D eigenvalue weighted by Crippen LogP contribution is 2.21. The number of anilines is 1. The molecule has 3 rings (SSSR count). The molecule has 1 N–H and O–H groups in total. The Morgan fingerprint density at radius 3 is 2.85 bits per heavy atom. The van der Waals surface area contributed by atoms with Crippen molar-refractivity contribution in [3.63, 3.8) is 0 Å². The quantitative estimate of drug-likeness (QED) is 0.895. The number of methoxy groups -OCH3 is 1. The zero-order valence-electron chi connectivity index (χ0n) is 15.1. The molecule has 2 heterocycles. The first kappa shape index (κ1) is 18.2. The molecule has 1 aromatic carbocycles. The number of nitrogens with one attached hydrogen (secondary N) is 1. The number of piperidine rings is 1. The maximum Gasteiger partial charge on any atom is 0.410 e. The normalized spacial score (nSPS) is 20.2. The topological polar surface area (TPSA) is 79.0 Å². The van der Waals surface area contributed by atoms with E-state index in [1.807, 2.05) is 29.2 Å². The summed E-state index contributed by atoms with van der Waals surface area (Å²) in [6.45, 7) is 1.87. The van der Waals surface area contributed by atoms with E-state index in [-0.39, 0.29) is 11.8 Å². The van der Waals surface area contributed by atoms with Gasteiger partial charge in [-0.25, -0.2) is 4.79 Å². The Bertz CT molecular complexity index is 691. The number of rotatable bonds is 4. The Morgan fingerprint density at radius 1 is 1.23 bits per heavy atom. The number of likely N-dealkylation sites (tertiary alicyclic amines) is 2. The van der Waals surface area contributed by atoms with Crippen LogP contribution in [-0.2, 0) is 20.9 Å². The van der Waals surface area contributed by atoms with Gasteiger partial charge in [0.15, 0.2) is 0 Å². The van der Waals surface area contributed by atoms with Gasteiger partial charge in [-0.3, -0.25) is 14.5 Å². The van der Waals surface area contributed by atoms with Gasteiger partial charge in [0, 0.05) is 31.7 Å². The maximum atomic E-state index is 12.6. The molecular formula is C19H25N3O4. The maximum absolute atomic E-state index is 12.6. The minimum atomic E-state index is -0.505. The van der Waals surface area contributed by atoms with Crippen molar-refractivity contribution in [2.45, 2.75) is 44.7 Å². The first-order chi connectivity index (χ1) is 12.6. The second-order valence-electron chi connectivity index (χ2n) is 6.78. The lowest BCUT2D eigenvalue weighted by Crippen LogP contribution is -2.43. The molecule has 7 heteroatoms. The van der Waals surface area contributed by atoms with Crippen molar-refractivity contribution in [1.29, 1.82) is 0 Å². The Labute approximate surface area is 153 Å². The van der Waals surface area contributed by atoms with Gasteiger partial charge in [0.25, 0.3) is 0 Å². The molecule has 140 valence electrons. The summed E-state index contributed by atoms with van der Waals surface area (Å²) in [6.07, 6.45) is 3.55. The predicted octanol–water partition coefficient (Wildman–Crippen LogP) is 2.37. The summed E-state index contributed by atoms with van der Waals surface area (Å²) in [5.41, 5.74) is 1.66. The van der Waals surface area contributed by atoms with Crippen molar-refractivity contribution in [3.05, 3.63) is 29.8 Å². The monoisotopic (exact) mass is 359 g/mol. The summed E-state index contributed by atoms with van der Waals surface area (Å²) >= 11 is 0. The molecule has 2 aliphatic heterocycles. The summed E-state index contributed by atoms with van der Waals surface area (Å²) in [7, 11) is 1.32. The number of nitrogens with zero attached hydrogens (tertiary/aromatic N) is 2. The van der Waals surface area contributed by atoms with E-state index >= 15 is 0 Å². The molecule has 0 bridgehead atoms. The van der Waals surface area contributed by atoms with Gasteiger partial charge < -0.3 is 15.0 Å². The third-order valence-electron chi connectivity index (χ3n) is 4.95. The van der Waals surface area contributed by atoms with Crippen molar-refractivity contribution in [1.82, 2.24) is 9.80 Å². The Morgan fingerprint density at radius 2 is 2.08 bits per heavy atom. The molecule has 1 atom stereocenters. The fourth-order valence-corrected chi connectivity index (χ4v) is 3.60. The van der Waals surface area contributed by atoms with Gasteiger partial charge in [-0.05, 0) is 43.4 Å². The molecule has 1 aromatic rings. The number of amides is 3. The summed E-state index contributed by atoms with van der Waals surface area (Å²) in [5.74, 6) is -0.0236. The van der Waals surface area contributed by atoms with Crippen LogP contribution in [0.15, 0.2) is 24.3 Å². The molecule has 2 aliphatic rings. The van der Waals surface area contributed by atoms with Crippen molar-refractivity contribution in [2.75, 3.05) is 25.5 Å². The molecule has 0 saturated carbocycles. The van der Waals surface area contributed by atoms with Gasteiger partial charge in [0.05, 0.1) is 7.11 Å². The van der Waals surface area contributed by atoms with Gasteiger partial charge >= 0.3 is 6.09 Å². The van der Waals surface area contributed by atoms with Gasteiger partial charge in [-0.1, -0.05) is 12.1 Å². The molecule has 0 spiro atoms. The summed E-state index contributed by atoms with van der Waals surface area (Å²) in [6, 6.07) is 7.02. The summed E-state index contributed by atoms with van der Waals surface area (Å²) in [4.78, 5) is 39.6. The standard InChI is InChI=1S/C19H25N3O4/c1-26-19(25)22-11-5-8-16(22)18(24)20-15-7-4-6-14(12-15)13-21-10-3-2-9-17(21)23/h4,6-7,12,16H,2-3,5,8-11,13H2,1H3,(H,20,24). The lowest BCUT2D eigenvalue weighted by molar-refractivity contribution is -0.133. The molecule has 0 aromatic heterocycles. The van der Waals surface area contributed by atoms with E-state index < -0.39 is 12.1 Å². The number of hydrogen-bond donors (Lipinski definition) is 1. The van der Waals surface area contributed by atoms with Gasteiger partial charge in [-0.2, -0.15) is 0 Å². The van der Waals surface area contributed by atoms with E-state index in [2.05, 4.69) is 5.32 Å². The van der Waals surface area contributed by atoms with E-state index in [4.69, 9.17) is 4.74 Å². The fourth-order valence-electron chi connectivity index (χ4n) is 3.60. The van der Waals surface area contributed by atoms with Crippen LogP contribution in [0.2, 0.25) is 0 Å². The van der Waals surface area contributed by atoms with E-state index in [0.29, 0.717) is 31.6 Å². The largest absolute Gasteiger partial charge is 0.453 e. The highest BCUT2D eigenvalue weighted by Gasteiger charge is 2.34. The molecule has 7 nitrogen and oxygen atoms in total. The fraction of sp³-hybridized carbons (Fsp3) is 0.526. The van der Waals surface area contributed by atoms with Crippen LogP contribution in [-0.4, -0.2) is 53.9 Å². The number of carbonyl (C=O) groups is 3. The highest BCUT2D eigenvalue weighted by molar-refractivity contribution is 5.96. The van der Waals surface area contributed by atoms with Crippen LogP contribution < -0.4 is 5.32 Å². The third kappa shape index (κ3) is 4.15. The lowest BCUT2D eigenvalue weighted by atomic mass is 10.1. The molecular weight excluding hydrogens is 334 g/mol. The molecule has 0 radical (unpaired) electrons. The highest BCUT2D eigenvalue weighted by atomic mass is 16.5. The molecule has 0 aliphatic carbocycles. The van der Waals surface area contributed by atoms with E-state index in [0.717, 1.165) is 31.4 Å². The summed E-state index contributed by atoms with van der Waals surface area (Å²) < 4.78 is 4.75. The Hall–Kier alpha value is -2.57. The van der Waals surface area contributed by atoms with Crippen LogP contribution in [0.5, 0.6) is 0 Å². The van der Waals surface area contributed by atoms with Crippen LogP contribution in [0.4, 0.5) is 10.5 Å². The van der Waals surface area contributed by atoms with E-state index in [9.17, 15) is 14.4 Å². The van der Waals surface area contributed by atoms with Crippen molar-refractivity contribution < 1.29 is 19.1 Å². The van der Waals surface area contributed by atoms with Crippen LogP contribution in [0, 0.1) is 0 Å². The number of ether oxygens (including phenoxy) is 1. The number of benzene rings is 1. The van der Waals surface area contributed by atoms with Crippen LogP contribution in [0.25, 0.3) is 0 Å². The molecule has 2 fully saturated rings. The van der Waals surface area contributed by atoms with Crippen LogP contribution >= 0.6 is 0 Å². The van der Waals surface area contributed by atoms with Crippen molar-refractivity contribution in [3.8, 4) is 0 Å². The molecule has 2 saturated heterocycles. The molecule has 1 unspecified atom stereocenters. The smallest absolute Gasteiger partial charge is 0.410 e. The van der Waals surface area contributed by atoms with E-state index in [1.165, 1.54) is 12.0 Å². The third-order valence-corrected chi connectivity index (χ3v) is 4.95. The SMILES string of the molecule is COC(=O)N1CCCC1C(=O)Nc1cccc(CN2CCCCC2=O)c1. The average molecular weight is 359 g/mol. The summed E-state index contributed by atoms with van der Waals surface area (Å²) in [5, 5.41) is 2.89. The molecule has 26 heavy (non-hydrogen) atoms. The van der Waals surface area contributed by atoms with Crippen LogP contribution in [0.1, 0.15) is 37.7 Å². The zero-order chi connectivity index (χ0) is 18.5. The van der Waals surface area contributed by atoms with Gasteiger partial charge in [0.2, 0.25) is 11.8 Å². The number of hydrogen-bond acceptors (Lipinski definition) is 4. The predicted molar refractivity (Wildman–Crippen MR) is 96.5 cm³/mol. The Balaban J connectivity index is 1.63. The van der Waals surface area contributed by atoms with Crippen LogP contribution in [0.3, 0.4) is 0 Å².